The molecule has 0 spiro atoms. The fourth-order valence-corrected chi connectivity index (χ4v) is 3.81. The number of nitrogens with two attached hydrogens (primary N) is 1. The first-order valence-corrected chi connectivity index (χ1v) is 9.01. The van der Waals surface area contributed by atoms with Gasteiger partial charge in [-0.15, -0.1) is 0 Å². The summed E-state index contributed by atoms with van der Waals surface area (Å²) in [6.07, 6.45) is 3.49. The van der Waals surface area contributed by atoms with Gasteiger partial charge in [-0.2, -0.15) is 0 Å². The predicted molar refractivity (Wildman–Crippen MR) is 96.9 cm³/mol. The van der Waals surface area contributed by atoms with Crippen LogP contribution in [0, 0.1) is 26.7 Å². The number of carboxylic acid groups (broad SMARTS) is 1. The predicted octanol–water partition coefficient (Wildman–Crippen LogP) is 3.87. The van der Waals surface area contributed by atoms with Crippen LogP contribution in [0.2, 0.25) is 0 Å². The molecule has 0 saturated heterocycles. The maximum Gasteiger partial charge on any atom is 0.310 e. The van der Waals surface area contributed by atoms with Crippen molar-refractivity contribution in [2.24, 2.45) is 11.7 Å². The molecule has 134 valence electrons. The second kappa shape index (κ2) is 7.56. The van der Waals surface area contributed by atoms with Gasteiger partial charge in [-0.3, -0.25) is 4.79 Å². The zero-order valence-electron chi connectivity index (χ0n) is 15.6. The van der Waals surface area contributed by atoms with Gasteiger partial charge in [0.1, 0.15) is 5.75 Å². The van der Waals surface area contributed by atoms with Crippen molar-refractivity contribution in [2.75, 3.05) is 6.54 Å². The molecule has 3 atom stereocenters. The van der Waals surface area contributed by atoms with Gasteiger partial charge in [0.25, 0.3) is 0 Å². The van der Waals surface area contributed by atoms with Crippen LogP contribution >= 0.6 is 0 Å². The molecule has 0 bridgehead atoms. The molecule has 1 heterocycles. The van der Waals surface area contributed by atoms with E-state index in [0.717, 1.165) is 47.3 Å². The van der Waals surface area contributed by atoms with Gasteiger partial charge in [-0.1, -0.05) is 13.3 Å². The zero-order valence-corrected chi connectivity index (χ0v) is 15.6. The van der Waals surface area contributed by atoms with Crippen LogP contribution in [0.15, 0.2) is 0 Å². The highest BCUT2D eigenvalue weighted by Crippen LogP contribution is 2.42. The van der Waals surface area contributed by atoms with Gasteiger partial charge in [0.2, 0.25) is 0 Å². The minimum atomic E-state index is -0.740. The van der Waals surface area contributed by atoms with Crippen molar-refractivity contribution in [2.45, 2.75) is 72.3 Å². The van der Waals surface area contributed by atoms with E-state index in [1.165, 1.54) is 5.56 Å². The summed E-state index contributed by atoms with van der Waals surface area (Å²) in [7, 11) is 0. The van der Waals surface area contributed by atoms with Gasteiger partial charge in [0.05, 0.1) is 12.0 Å². The molecular weight excluding hydrogens is 302 g/mol. The number of carbonyl (C=O) groups is 1. The van der Waals surface area contributed by atoms with Crippen LogP contribution < -0.4 is 10.5 Å². The third kappa shape index (κ3) is 3.44. The van der Waals surface area contributed by atoms with Crippen LogP contribution in [-0.2, 0) is 11.2 Å². The molecule has 1 aliphatic rings. The molecule has 0 fully saturated rings. The number of rotatable bonds is 6. The Labute approximate surface area is 145 Å². The Morgan fingerprint density at radius 2 is 1.88 bits per heavy atom. The van der Waals surface area contributed by atoms with E-state index in [-0.39, 0.29) is 6.10 Å². The molecule has 0 saturated carbocycles. The van der Waals surface area contributed by atoms with E-state index in [9.17, 15) is 9.90 Å². The first-order valence-electron chi connectivity index (χ1n) is 9.01. The second-order valence-corrected chi connectivity index (χ2v) is 7.28. The molecule has 4 nitrogen and oxygen atoms in total. The molecule has 24 heavy (non-hydrogen) atoms. The van der Waals surface area contributed by atoms with Gasteiger partial charge in [-0.25, -0.2) is 0 Å². The maximum absolute atomic E-state index is 11.9. The largest absolute Gasteiger partial charge is 0.490 e. The zero-order chi connectivity index (χ0) is 18.0. The Bertz CT molecular complexity index is 624. The summed E-state index contributed by atoms with van der Waals surface area (Å²) in [5, 5.41) is 9.80. The van der Waals surface area contributed by atoms with Crippen molar-refractivity contribution in [3.63, 3.8) is 0 Å². The summed E-state index contributed by atoms with van der Waals surface area (Å²) < 4.78 is 6.17. The molecule has 0 amide bonds. The number of aliphatic carboxylic acids is 1. The molecule has 2 rings (SSSR count). The first kappa shape index (κ1) is 18.8. The fraction of sp³-hybridized carbons (Fsp3) is 0.650. The van der Waals surface area contributed by atoms with E-state index in [0.29, 0.717) is 18.9 Å². The lowest BCUT2D eigenvalue weighted by Crippen LogP contribution is -2.30. The van der Waals surface area contributed by atoms with Gasteiger partial charge >= 0.3 is 5.97 Å². The summed E-state index contributed by atoms with van der Waals surface area (Å²) in [5.74, 6) is 0.211. The Morgan fingerprint density at radius 1 is 1.21 bits per heavy atom. The minimum absolute atomic E-state index is 0.195. The SMILES string of the molecule is Cc1c(C)c(C(CCCCN)C(=O)O)c(C)c2c1OC(C)C(C)C2. The average molecular weight is 333 g/mol. The van der Waals surface area contributed by atoms with E-state index < -0.39 is 11.9 Å². The lowest BCUT2D eigenvalue weighted by Gasteiger charge is -2.34. The number of fused-ring (bicyclic) bond motifs is 1. The third-order valence-electron chi connectivity index (χ3n) is 5.66. The van der Waals surface area contributed by atoms with Crippen LogP contribution in [-0.4, -0.2) is 23.7 Å². The third-order valence-corrected chi connectivity index (χ3v) is 5.66. The number of hydrogen-bond donors (Lipinski definition) is 2. The number of benzene rings is 1. The Hall–Kier alpha value is -1.55. The molecule has 1 aromatic carbocycles. The van der Waals surface area contributed by atoms with Crippen molar-refractivity contribution >= 4 is 5.97 Å². The van der Waals surface area contributed by atoms with E-state index in [4.69, 9.17) is 10.5 Å². The van der Waals surface area contributed by atoms with Crippen LogP contribution in [0.4, 0.5) is 0 Å². The maximum atomic E-state index is 11.9. The number of unbranched alkanes of at least 4 members (excludes halogenated alkanes) is 1. The summed E-state index contributed by atoms with van der Waals surface area (Å²) in [4.78, 5) is 11.9. The van der Waals surface area contributed by atoms with E-state index >= 15 is 0 Å². The van der Waals surface area contributed by atoms with E-state index in [1.54, 1.807) is 0 Å². The molecule has 3 unspecified atom stereocenters. The highest BCUT2D eigenvalue weighted by molar-refractivity contribution is 5.78. The molecule has 0 radical (unpaired) electrons. The molecular formula is C20H31NO3. The van der Waals surface area contributed by atoms with Gasteiger partial charge < -0.3 is 15.6 Å². The van der Waals surface area contributed by atoms with Crippen LogP contribution in [0.3, 0.4) is 0 Å². The molecule has 4 heteroatoms. The van der Waals surface area contributed by atoms with Crippen molar-refractivity contribution in [3.05, 3.63) is 27.8 Å². The lowest BCUT2D eigenvalue weighted by atomic mass is 9.79. The quantitative estimate of drug-likeness (QED) is 0.775. The summed E-state index contributed by atoms with van der Waals surface area (Å²) in [6.45, 7) is 11.1. The smallest absolute Gasteiger partial charge is 0.310 e. The van der Waals surface area contributed by atoms with Gasteiger partial charge in [0, 0.05) is 0 Å². The average Bonchev–Trinajstić information content (AvgIpc) is 2.53. The molecule has 1 aromatic rings. The molecule has 1 aliphatic heterocycles. The summed E-state index contributed by atoms with van der Waals surface area (Å²) in [6, 6.07) is 0. The van der Waals surface area contributed by atoms with Crippen molar-refractivity contribution in [1.29, 1.82) is 0 Å². The fourth-order valence-electron chi connectivity index (χ4n) is 3.81. The van der Waals surface area contributed by atoms with Gasteiger partial charge in [-0.05, 0) is 87.2 Å². The van der Waals surface area contributed by atoms with Gasteiger partial charge in [0.15, 0.2) is 0 Å². The lowest BCUT2D eigenvalue weighted by molar-refractivity contribution is -0.139. The molecule has 3 N–H and O–H groups in total. The van der Waals surface area contributed by atoms with Crippen molar-refractivity contribution in [1.82, 2.24) is 0 Å². The topological polar surface area (TPSA) is 72.6 Å². The Balaban J connectivity index is 2.52. The summed E-state index contributed by atoms with van der Waals surface area (Å²) >= 11 is 0. The van der Waals surface area contributed by atoms with Crippen molar-refractivity contribution in [3.8, 4) is 5.75 Å². The minimum Gasteiger partial charge on any atom is -0.490 e. The Morgan fingerprint density at radius 3 is 2.46 bits per heavy atom. The van der Waals surface area contributed by atoms with E-state index in [2.05, 4.69) is 27.7 Å². The standard InChI is InChI=1S/C20H31NO3/c1-11-10-17-14(4)18(16(20(22)23)8-6-7-9-21)12(2)13(3)19(17)24-15(11)5/h11,15-16H,6-10,21H2,1-5H3,(H,22,23). The molecule has 0 aliphatic carbocycles. The normalized spacial score (nSPS) is 21.1. The number of carboxylic acids is 1. The second-order valence-electron chi connectivity index (χ2n) is 7.28. The van der Waals surface area contributed by atoms with E-state index in [1.807, 2.05) is 6.92 Å². The molecule has 0 aromatic heterocycles. The van der Waals surface area contributed by atoms with Crippen molar-refractivity contribution < 1.29 is 14.6 Å². The first-order chi connectivity index (χ1) is 11.3. The van der Waals surface area contributed by atoms with Crippen LogP contribution in [0.25, 0.3) is 0 Å². The van der Waals surface area contributed by atoms with Crippen LogP contribution in [0.5, 0.6) is 5.75 Å². The Kier molecular flexibility index (Phi) is 5.92. The summed E-state index contributed by atoms with van der Waals surface area (Å²) in [5.41, 5.74) is 11.0. The number of hydrogen-bond acceptors (Lipinski definition) is 3. The monoisotopic (exact) mass is 333 g/mol. The van der Waals surface area contributed by atoms with Crippen LogP contribution in [0.1, 0.15) is 66.8 Å². The highest BCUT2D eigenvalue weighted by atomic mass is 16.5. The number of ether oxygens (including phenoxy) is 1. The highest BCUT2D eigenvalue weighted by Gasteiger charge is 2.32.